The number of aromatic nitrogens is 3. The van der Waals surface area contributed by atoms with Gasteiger partial charge >= 0.3 is 0 Å². The summed E-state index contributed by atoms with van der Waals surface area (Å²) in [5.41, 5.74) is 0. The molecular weight excluding hydrogens is 310 g/mol. The molecule has 124 valence electrons. The quantitative estimate of drug-likeness (QED) is 0.449. The average molecular weight is 333 g/mol. The Balaban J connectivity index is 1.98. The number of nitrogens with zero attached hydrogens (tertiary/aromatic N) is 4. The van der Waals surface area contributed by atoms with Gasteiger partial charge in [-0.15, -0.1) is 16.8 Å². The molecule has 0 radical (unpaired) electrons. The zero-order chi connectivity index (χ0) is 16.5. The molecule has 1 aromatic heterocycles. The molecule has 1 aromatic rings. The lowest BCUT2D eigenvalue weighted by atomic mass is 9.89. The van der Waals surface area contributed by atoms with E-state index >= 15 is 0 Å². The first-order valence-corrected chi connectivity index (χ1v) is 9.05. The molecule has 1 heterocycles. The zero-order valence-corrected chi connectivity index (χ0v) is 14.1. The molecule has 7 heteroatoms. The van der Waals surface area contributed by atoms with Gasteiger partial charge in [-0.3, -0.25) is 4.79 Å². The van der Waals surface area contributed by atoms with E-state index in [-0.39, 0.29) is 11.7 Å². The maximum atomic E-state index is 11.7. The van der Waals surface area contributed by atoms with Crippen molar-refractivity contribution in [2.75, 3.05) is 12.3 Å². The number of rotatable bonds is 8. The minimum atomic E-state index is -0.0855. The first-order valence-electron chi connectivity index (χ1n) is 8.06. The second-order valence-corrected chi connectivity index (χ2v) is 6.56. The van der Waals surface area contributed by atoms with Gasteiger partial charge in [-0.25, -0.2) is 0 Å². The molecule has 1 aliphatic carbocycles. The minimum Gasteiger partial charge on any atom is -0.354 e. The van der Waals surface area contributed by atoms with Crippen LogP contribution >= 0.6 is 11.8 Å². The van der Waals surface area contributed by atoms with Gasteiger partial charge in [0.2, 0.25) is 5.91 Å². The van der Waals surface area contributed by atoms with E-state index in [4.69, 9.17) is 5.26 Å². The van der Waals surface area contributed by atoms with Crippen molar-refractivity contribution in [1.82, 2.24) is 20.1 Å². The van der Waals surface area contributed by atoms with Crippen molar-refractivity contribution in [3.8, 4) is 6.07 Å². The van der Waals surface area contributed by atoms with Gasteiger partial charge in [-0.05, 0) is 12.8 Å². The summed E-state index contributed by atoms with van der Waals surface area (Å²) >= 11 is 1.38. The van der Waals surface area contributed by atoms with Crippen LogP contribution in [0.3, 0.4) is 0 Å². The van der Waals surface area contributed by atoms with Crippen LogP contribution in [0.15, 0.2) is 17.8 Å². The average Bonchev–Trinajstić information content (AvgIpc) is 2.97. The largest absolute Gasteiger partial charge is 0.354 e. The van der Waals surface area contributed by atoms with E-state index < -0.39 is 0 Å². The molecule has 1 N–H and O–H groups in total. The van der Waals surface area contributed by atoms with Crippen LogP contribution in [0.4, 0.5) is 0 Å². The topological polar surface area (TPSA) is 83.6 Å². The monoisotopic (exact) mass is 333 g/mol. The van der Waals surface area contributed by atoms with E-state index in [1.54, 1.807) is 0 Å². The molecule has 6 nitrogen and oxygen atoms in total. The first-order chi connectivity index (χ1) is 11.3. The summed E-state index contributed by atoms with van der Waals surface area (Å²) in [6.45, 7) is 4.87. The third-order valence-electron chi connectivity index (χ3n) is 3.92. The minimum absolute atomic E-state index is 0.0855. The summed E-state index contributed by atoms with van der Waals surface area (Å²) in [5.74, 6) is 1.69. The fourth-order valence-corrected chi connectivity index (χ4v) is 3.59. The Labute approximate surface area is 141 Å². The van der Waals surface area contributed by atoms with Gasteiger partial charge in [0.05, 0.1) is 18.2 Å². The molecule has 0 spiro atoms. The standard InChI is InChI=1S/C16H23N5OS/c1-2-11-21-15(13-7-4-3-5-8-13)19-20-16(21)23-12-14(22)18-10-6-9-17/h2,13H,1,3-8,10-12H2,(H,18,22). The van der Waals surface area contributed by atoms with Crippen molar-refractivity contribution in [3.63, 3.8) is 0 Å². The molecule has 1 aliphatic rings. The summed E-state index contributed by atoms with van der Waals surface area (Å²) in [5, 5.41) is 20.6. The molecule has 0 bridgehead atoms. The normalized spacial score (nSPS) is 15.1. The van der Waals surface area contributed by atoms with Crippen molar-refractivity contribution < 1.29 is 4.79 Å². The van der Waals surface area contributed by atoms with Gasteiger partial charge in [0.15, 0.2) is 5.16 Å². The van der Waals surface area contributed by atoms with Crippen molar-refractivity contribution in [2.45, 2.75) is 56.1 Å². The predicted octanol–water partition coefficient (Wildman–Crippen LogP) is 2.63. The van der Waals surface area contributed by atoms with Crippen LogP contribution in [0.2, 0.25) is 0 Å². The molecule has 1 saturated carbocycles. The zero-order valence-electron chi connectivity index (χ0n) is 13.3. The Morgan fingerprint density at radius 3 is 2.91 bits per heavy atom. The summed E-state index contributed by atoms with van der Waals surface area (Å²) < 4.78 is 2.08. The molecule has 0 aliphatic heterocycles. The predicted molar refractivity (Wildman–Crippen MR) is 90.0 cm³/mol. The summed E-state index contributed by atoms with van der Waals surface area (Å²) in [4.78, 5) is 11.7. The van der Waals surface area contributed by atoms with Gasteiger partial charge in [-0.2, -0.15) is 5.26 Å². The second kappa shape index (κ2) is 9.36. The Bertz CT molecular complexity index is 572. The number of nitriles is 1. The second-order valence-electron chi connectivity index (χ2n) is 5.62. The summed E-state index contributed by atoms with van der Waals surface area (Å²) in [6.07, 6.45) is 8.28. The van der Waals surface area contributed by atoms with Gasteiger partial charge in [0, 0.05) is 19.0 Å². The van der Waals surface area contributed by atoms with Crippen LogP contribution in [0.1, 0.15) is 50.3 Å². The van der Waals surface area contributed by atoms with E-state index in [1.165, 1.54) is 31.0 Å². The SMILES string of the molecule is C=CCn1c(SCC(=O)NCCC#N)nnc1C1CCCCC1. The molecule has 1 fully saturated rings. The van der Waals surface area contributed by atoms with Gasteiger partial charge in [0.1, 0.15) is 5.82 Å². The van der Waals surface area contributed by atoms with E-state index in [0.717, 1.165) is 23.8 Å². The summed E-state index contributed by atoms with van der Waals surface area (Å²) in [7, 11) is 0. The lowest BCUT2D eigenvalue weighted by molar-refractivity contribution is -0.118. The maximum Gasteiger partial charge on any atom is 0.230 e. The number of allylic oxidation sites excluding steroid dienone is 1. The van der Waals surface area contributed by atoms with Crippen LogP contribution < -0.4 is 5.32 Å². The lowest BCUT2D eigenvalue weighted by Crippen LogP contribution is -2.26. The fourth-order valence-electron chi connectivity index (χ4n) is 2.81. The van der Waals surface area contributed by atoms with E-state index in [0.29, 0.717) is 25.4 Å². The van der Waals surface area contributed by atoms with Gasteiger partial charge in [-0.1, -0.05) is 37.1 Å². The number of carbonyl (C=O) groups is 1. The third-order valence-corrected chi connectivity index (χ3v) is 4.89. The van der Waals surface area contributed by atoms with Crippen molar-refractivity contribution in [3.05, 3.63) is 18.5 Å². The number of amides is 1. The highest BCUT2D eigenvalue weighted by Gasteiger charge is 2.23. The maximum absolute atomic E-state index is 11.7. The molecule has 2 rings (SSSR count). The molecule has 0 atom stereocenters. The molecule has 0 saturated heterocycles. The van der Waals surface area contributed by atoms with Gasteiger partial charge < -0.3 is 9.88 Å². The highest BCUT2D eigenvalue weighted by Crippen LogP contribution is 2.33. The van der Waals surface area contributed by atoms with Crippen molar-refractivity contribution in [1.29, 1.82) is 5.26 Å². The van der Waals surface area contributed by atoms with Crippen LogP contribution in [0.25, 0.3) is 0 Å². The van der Waals surface area contributed by atoms with Gasteiger partial charge in [0.25, 0.3) is 0 Å². The Kier molecular flexibility index (Phi) is 7.14. The van der Waals surface area contributed by atoms with Crippen LogP contribution in [-0.2, 0) is 11.3 Å². The number of thioether (sulfide) groups is 1. The molecule has 0 aromatic carbocycles. The van der Waals surface area contributed by atoms with E-state index in [1.807, 2.05) is 12.1 Å². The highest BCUT2D eigenvalue weighted by atomic mass is 32.2. The lowest BCUT2D eigenvalue weighted by Gasteiger charge is -2.21. The van der Waals surface area contributed by atoms with E-state index in [9.17, 15) is 4.79 Å². The number of hydrogen-bond acceptors (Lipinski definition) is 5. The highest BCUT2D eigenvalue weighted by molar-refractivity contribution is 7.99. The molecule has 0 unspecified atom stereocenters. The van der Waals surface area contributed by atoms with Crippen molar-refractivity contribution >= 4 is 17.7 Å². The molecule has 1 amide bonds. The van der Waals surface area contributed by atoms with Crippen LogP contribution in [0.5, 0.6) is 0 Å². The third kappa shape index (κ3) is 5.10. The summed E-state index contributed by atoms with van der Waals surface area (Å²) in [6, 6.07) is 2.00. The Hall–Kier alpha value is -1.81. The van der Waals surface area contributed by atoms with E-state index in [2.05, 4.69) is 26.7 Å². The number of carbonyl (C=O) groups excluding carboxylic acids is 1. The van der Waals surface area contributed by atoms with Crippen LogP contribution in [0, 0.1) is 11.3 Å². The molecule has 23 heavy (non-hydrogen) atoms. The smallest absolute Gasteiger partial charge is 0.230 e. The fraction of sp³-hybridized carbons (Fsp3) is 0.625. The number of hydrogen-bond donors (Lipinski definition) is 1. The van der Waals surface area contributed by atoms with Crippen molar-refractivity contribution in [2.24, 2.45) is 0 Å². The van der Waals surface area contributed by atoms with Crippen LogP contribution in [-0.4, -0.2) is 33.0 Å². The molecular formula is C16H23N5OS. The number of nitrogens with one attached hydrogen (secondary N) is 1. The first kappa shape index (κ1) is 17.5. The Morgan fingerprint density at radius 1 is 1.43 bits per heavy atom. The Morgan fingerprint density at radius 2 is 2.22 bits per heavy atom.